The lowest BCUT2D eigenvalue weighted by molar-refractivity contribution is 0.636. The predicted octanol–water partition coefficient (Wildman–Crippen LogP) is 1.05. The van der Waals surface area contributed by atoms with Gasteiger partial charge in [0.2, 0.25) is 0 Å². The minimum atomic E-state index is 0.614. The molecule has 0 aliphatic heterocycles. The van der Waals surface area contributed by atoms with Crippen LogP contribution >= 0.6 is 15.9 Å². The average Bonchev–Trinajstić information content (AvgIpc) is 2.68. The molecule has 0 fully saturated rings. The molecule has 0 unspecified atom stereocenters. The zero-order chi connectivity index (χ0) is 10.5. The molecule has 78 valence electrons. The van der Waals surface area contributed by atoms with Gasteiger partial charge in [-0.2, -0.15) is 0 Å². The maximum Gasteiger partial charge on any atom is 0.0864 e. The molecule has 0 aromatic carbocycles. The molecule has 0 aliphatic carbocycles. The van der Waals surface area contributed by atoms with Crippen LogP contribution in [0, 0.1) is 0 Å². The van der Waals surface area contributed by atoms with E-state index in [-0.39, 0.29) is 0 Å². The summed E-state index contributed by atoms with van der Waals surface area (Å²) >= 11 is 3.36. The fourth-order valence-electron chi connectivity index (χ4n) is 1.20. The average molecular weight is 268 g/mol. The Kier molecular flexibility index (Phi) is 3.39. The van der Waals surface area contributed by atoms with Gasteiger partial charge in [0, 0.05) is 30.3 Å². The predicted molar refractivity (Wildman–Crippen MR) is 58.7 cm³/mol. The molecule has 2 aromatic rings. The smallest absolute Gasteiger partial charge is 0.0864 e. The summed E-state index contributed by atoms with van der Waals surface area (Å²) in [5.74, 6) is 0. The molecule has 0 spiro atoms. The zero-order valence-corrected chi connectivity index (χ0v) is 9.63. The first kappa shape index (κ1) is 10.2. The lowest BCUT2D eigenvalue weighted by Crippen LogP contribution is -2.02. The van der Waals surface area contributed by atoms with Gasteiger partial charge >= 0.3 is 0 Å². The number of hydrogen-bond acceptors (Lipinski definition) is 4. The molecule has 0 bridgehead atoms. The fourth-order valence-corrected chi connectivity index (χ4v) is 1.61. The van der Waals surface area contributed by atoms with Gasteiger partial charge in [-0.1, -0.05) is 21.1 Å². The molecule has 0 amide bonds. The molecule has 0 saturated heterocycles. The second kappa shape index (κ2) is 4.97. The van der Waals surface area contributed by atoms with Gasteiger partial charge in [0.15, 0.2) is 0 Å². The van der Waals surface area contributed by atoms with E-state index in [0.717, 1.165) is 23.1 Å². The van der Waals surface area contributed by atoms with Gasteiger partial charge in [-0.3, -0.25) is 9.97 Å². The van der Waals surface area contributed by atoms with E-state index in [0.29, 0.717) is 6.54 Å². The van der Waals surface area contributed by atoms with Crippen molar-refractivity contribution in [2.45, 2.75) is 13.0 Å². The number of halogens is 1. The first-order valence-corrected chi connectivity index (χ1v) is 5.70. The highest BCUT2D eigenvalue weighted by Gasteiger charge is 2.01. The molecule has 0 radical (unpaired) electrons. The molecule has 0 atom stereocenters. The molecule has 0 N–H and O–H groups in total. The number of aromatic nitrogens is 5. The normalized spacial score (nSPS) is 10.5. The summed E-state index contributed by atoms with van der Waals surface area (Å²) in [6.45, 7) is 0.614. The summed E-state index contributed by atoms with van der Waals surface area (Å²) < 4.78 is 1.77. The highest BCUT2D eigenvalue weighted by molar-refractivity contribution is 9.09. The van der Waals surface area contributed by atoms with Crippen LogP contribution < -0.4 is 0 Å². The third kappa shape index (κ3) is 2.82. The van der Waals surface area contributed by atoms with E-state index in [1.165, 1.54) is 0 Å². The van der Waals surface area contributed by atoms with Crippen LogP contribution in [0.3, 0.4) is 0 Å². The fraction of sp³-hybridized carbons (Fsp3) is 0.333. The summed E-state index contributed by atoms with van der Waals surface area (Å²) in [7, 11) is 0. The van der Waals surface area contributed by atoms with Crippen LogP contribution in [0.4, 0.5) is 0 Å². The van der Waals surface area contributed by atoms with Gasteiger partial charge in [-0.05, 0) is 0 Å². The molecule has 0 aliphatic rings. The van der Waals surface area contributed by atoms with E-state index >= 15 is 0 Å². The van der Waals surface area contributed by atoms with Crippen LogP contribution in [0.15, 0.2) is 24.8 Å². The number of hydrogen-bond donors (Lipinski definition) is 0. The second-order valence-corrected chi connectivity index (χ2v) is 3.84. The van der Waals surface area contributed by atoms with Crippen molar-refractivity contribution in [2.24, 2.45) is 0 Å². The van der Waals surface area contributed by atoms with Gasteiger partial charge in [0.05, 0.1) is 24.1 Å². The Labute approximate surface area is 95.7 Å². The number of alkyl halides is 1. The Hall–Kier alpha value is -1.30. The van der Waals surface area contributed by atoms with Crippen molar-refractivity contribution in [3.8, 4) is 0 Å². The number of nitrogens with zero attached hydrogens (tertiary/aromatic N) is 5. The Morgan fingerprint density at radius 2 is 2.20 bits per heavy atom. The minimum absolute atomic E-state index is 0.614. The quantitative estimate of drug-likeness (QED) is 0.778. The summed E-state index contributed by atoms with van der Waals surface area (Å²) in [4.78, 5) is 8.16. The van der Waals surface area contributed by atoms with Crippen molar-refractivity contribution in [1.29, 1.82) is 0 Å². The van der Waals surface area contributed by atoms with Gasteiger partial charge in [0.1, 0.15) is 0 Å². The Balaban J connectivity index is 2.05. The molecule has 2 heterocycles. The Morgan fingerprint density at radius 3 is 2.93 bits per heavy atom. The van der Waals surface area contributed by atoms with Crippen molar-refractivity contribution in [3.05, 3.63) is 36.2 Å². The van der Waals surface area contributed by atoms with Gasteiger partial charge in [0.25, 0.3) is 0 Å². The number of rotatable bonds is 4. The second-order valence-electron chi connectivity index (χ2n) is 3.04. The topological polar surface area (TPSA) is 56.5 Å². The molecule has 2 rings (SSSR count). The monoisotopic (exact) mass is 267 g/mol. The molecular weight excluding hydrogens is 258 g/mol. The van der Waals surface area contributed by atoms with Crippen molar-refractivity contribution in [2.75, 3.05) is 5.33 Å². The summed E-state index contributed by atoms with van der Waals surface area (Å²) in [5, 5.41) is 8.94. The van der Waals surface area contributed by atoms with Crippen LogP contribution in [0.25, 0.3) is 0 Å². The SMILES string of the molecule is BrCCc1cn(Cc2cnccn2)nn1. The van der Waals surface area contributed by atoms with E-state index < -0.39 is 0 Å². The molecule has 6 heteroatoms. The Bertz CT molecular complexity index is 413. The van der Waals surface area contributed by atoms with Crippen LogP contribution in [-0.4, -0.2) is 30.3 Å². The molecule has 15 heavy (non-hydrogen) atoms. The summed E-state index contributed by atoms with van der Waals surface area (Å²) in [6, 6.07) is 0. The minimum Gasteiger partial charge on any atom is -0.261 e. The maximum absolute atomic E-state index is 4.17. The highest BCUT2D eigenvalue weighted by Crippen LogP contribution is 1.99. The van der Waals surface area contributed by atoms with E-state index in [4.69, 9.17) is 0 Å². The molecular formula is C9H10BrN5. The zero-order valence-electron chi connectivity index (χ0n) is 8.04. The largest absolute Gasteiger partial charge is 0.261 e. The first-order chi connectivity index (χ1) is 7.38. The summed E-state index contributed by atoms with van der Waals surface area (Å²) in [6.07, 6.45) is 7.87. The van der Waals surface area contributed by atoms with Crippen molar-refractivity contribution in [1.82, 2.24) is 25.0 Å². The summed E-state index contributed by atoms with van der Waals surface area (Å²) in [5.41, 5.74) is 1.86. The van der Waals surface area contributed by atoms with Crippen LogP contribution in [0.2, 0.25) is 0 Å². The third-order valence-corrected chi connectivity index (χ3v) is 2.27. The van der Waals surface area contributed by atoms with Gasteiger partial charge in [-0.15, -0.1) is 5.10 Å². The lowest BCUT2D eigenvalue weighted by atomic mass is 10.4. The maximum atomic E-state index is 4.17. The van der Waals surface area contributed by atoms with Crippen molar-refractivity contribution in [3.63, 3.8) is 0 Å². The van der Waals surface area contributed by atoms with E-state index in [2.05, 4.69) is 36.2 Å². The van der Waals surface area contributed by atoms with Crippen LogP contribution in [-0.2, 0) is 13.0 Å². The van der Waals surface area contributed by atoms with Crippen molar-refractivity contribution >= 4 is 15.9 Å². The number of aryl methyl sites for hydroxylation is 1. The van der Waals surface area contributed by atoms with E-state index in [1.807, 2.05) is 6.20 Å². The lowest BCUT2D eigenvalue weighted by Gasteiger charge is -1.97. The van der Waals surface area contributed by atoms with E-state index in [9.17, 15) is 0 Å². The molecule has 0 saturated carbocycles. The third-order valence-electron chi connectivity index (χ3n) is 1.88. The van der Waals surface area contributed by atoms with Gasteiger partial charge < -0.3 is 0 Å². The Morgan fingerprint density at radius 1 is 1.27 bits per heavy atom. The highest BCUT2D eigenvalue weighted by atomic mass is 79.9. The molecule has 2 aromatic heterocycles. The standard InChI is InChI=1S/C9H10BrN5/c10-2-1-8-6-15(14-13-8)7-9-5-11-3-4-12-9/h3-6H,1-2,7H2. The van der Waals surface area contributed by atoms with Gasteiger partial charge in [-0.25, -0.2) is 4.68 Å². The van der Waals surface area contributed by atoms with Crippen LogP contribution in [0.1, 0.15) is 11.4 Å². The molecule has 5 nitrogen and oxygen atoms in total. The van der Waals surface area contributed by atoms with Crippen LogP contribution in [0.5, 0.6) is 0 Å². The first-order valence-electron chi connectivity index (χ1n) is 4.58. The van der Waals surface area contributed by atoms with Crippen molar-refractivity contribution < 1.29 is 0 Å². The van der Waals surface area contributed by atoms with E-state index in [1.54, 1.807) is 23.3 Å².